The van der Waals surface area contributed by atoms with Gasteiger partial charge < -0.3 is 15.4 Å². The maximum Gasteiger partial charge on any atom is 0.248 e. The molecule has 8 nitrogen and oxygen atoms in total. The molecule has 0 bridgehead atoms. The van der Waals surface area contributed by atoms with Crippen LogP contribution in [0.4, 0.5) is 11.4 Å². The number of hydrogen-bond donors (Lipinski definition) is 3. The summed E-state index contributed by atoms with van der Waals surface area (Å²) >= 11 is 0. The van der Waals surface area contributed by atoms with Gasteiger partial charge in [-0.3, -0.25) is 9.59 Å². The van der Waals surface area contributed by atoms with Crippen molar-refractivity contribution in [2.45, 2.75) is 18.7 Å². The molecule has 29 heavy (non-hydrogen) atoms. The lowest BCUT2D eigenvalue weighted by atomic mass is 10.1. The topological polar surface area (TPSA) is 114 Å². The highest BCUT2D eigenvalue weighted by molar-refractivity contribution is 7.89. The maximum atomic E-state index is 12.3. The number of nitrogens with one attached hydrogen (secondary N) is 3. The summed E-state index contributed by atoms with van der Waals surface area (Å²) in [7, 11) is -1.04. The van der Waals surface area contributed by atoms with Gasteiger partial charge in [-0.25, -0.2) is 13.1 Å². The van der Waals surface area contributed by atoms with Crippen molar-refractivity contribution < 1.29 is 22.7 Å². The zero-order valence-corrected chi connectivity index (χ0v) is 17.4. The second kappa shape index (κ2) is 9.35. The number of ether oxygens (including phenoxy) is 1. The Morgan fingerprint density at radius 3 is 2.38 bits per heavy atom. The van der Waals surface area contributed by atoms with Crippen LogP contribution in [0.25, 0.3) is 6.08 Å². The predicted octanol–water partition coefficient (Wildman–Crippen LogP) is 2.52. The van der Waals surface area contributed by atoms with E-state index < -0.39 is 15.9 Å². The molecule has 0 unspecified atom stereocenters. The minimum atomic E-state index is -3.72. The van der Waals surface area contributed by atoms with Crippen molar-refractivity contribution >= 4 is 39.3 Å². The lowest BCUT2D eigenvalue weighted by molar-refractivity contribution is -0.114. The molecule has 9 heteroatoms. The fourth-order valence-electron chi connectivity index (χ4n) is 2.52. The van der Waals surface area contributed by atoms with Crippen LogP contribution >= 0.6 is 0 Å². The number of anilines is 2. The van der Waals surface area contributed by atoms with Gasteiger partial charge in [0, 0.05) is 13.0 Å². The SMILES string of the molecule is CNS(=O)(=O)c1cc(/C=C/C(=O)Nc2cc(C)ccc2NC(C)=O)ccc1OC. The van der Waals surface area contributed by atoms with Crippen LogP contribution in [0.3, 0.4) is 0 Å². The van der Waals surface area contributed by atoms with E-state index >= 15 is 0 Å². The van der Waals surface area contributed by atoms with Gasteiger partial charge in [0.25, 0.3) is 0 Å². The van der Waals surface area contributed by atoms with Gasteiger partial charge in [0.15, 0.2) is 0 Å². The molecule has 0 aliphatic heterocycles. The zero-order valence-electron chi connectivity index (χ0n) is 16.6. The first-order valence-electron chi connectivity index (χ1n) is 8.65. The summed E-state index contributed by atoms with van der Waals surface area (Å²) in [6.45, 7) is 3.25. The molecular formula is C20H23N3O5S. The fourth-order valence-corrected chi connectivity index (χ4v) is 3.45. The van der Waals surface area contributed by atoms with Gasteiger partial charge in [0.2, 0.25) is 21.8 Å². The lowest BCUT2D eigenvalue weighted by Crippen LogP contribution is -2.19. The summed E-state index contributed by atoms with van der Waals surface area (Å²) < 4.78 is 31.6. The van der Waals surface area contributed by atoms with Crippen molar-refractivity contribution in [2.24, 2.45) is 0 Å². The normalized spacial score (nSPS) is 11.3. The number of rotatable bonds is 7. The third-order valence-corrected chi connectivity index (χ3v) is 5.35. The molecule has 0 aromatic heterocycles. The minimum Gasteiger partial charge on any atom is -0.495 e. The third-order valence-electron chi connectivity index (χ3n) is 3.92. The van der Waals surface area contributed by atoms with Crippen molar-refractivity contribution in [1.29, 1.82) is 0 Å². The summed E-state index contributed by atoms with van der Waals surface area (Å²) in [5.41, 5.74) is 2.36. The number of carbonyl (C=O) groups is 2. The van der Waals surface area contributed by atoms with Gasteiger partial charge in [0.1, 0.15) is 10.6 Å². The predicted molar refractivity (Wildman–Crippen MR) is 112 cm³/mol. The van der Waals surface area contributed by atoms with Crippen LogP contribution in [0, 0.1) is 6.92 Å². The highest BCUT2D eigenvalue weighted by Crippen LogP contribution is 2.26. The van der Waals surface area contributed by atoms with E-state index in [1.807, 2.05) is 13.0 Å². The van der Waals surface area contributed by atoms with Crippen LogP contribution in [0.5, 0.6) is 5.75 Å². The molecule has 3 N–H and O–H groups in total. The first-order chi connectivity index (χ1) is 13.7. The van der Waals surface area contributed by atoms with Crippen molar-refractivity contribution in [3.63, 3.8) is 0 Å². The van der Waals surface area contributed by atoms with Crippen LogP contribution < -0.4 is 20.1 Å². The van der Waals surface area contributed by atoms with Crippen molar-refractivity contribution in [2.75, 3.05) is 24.8 Å². The van der Waals surface area contributed by atoms with Crippen LogP contribution in [-0.4, -0.2) is 34.4 Å². The van der Waals surface area contributed by atoms with Crippen molar-refractivity contribution in [3.8, 4) is 5.75 Å². The average Bonchev–Trinajstić information content (AvgIpc) is 2.68. The van der Waals surface area contributed by atoms with Gasteiger partial charge in [-0.05, 0) is 55.4 Å². The Balaban J connectivity index is 2.25. The molecule has 0 atom stereocenters. The molecule has 0 saturated carbocycles. The maximum absolute atomic E-state index is 12.3. The van der Waals surface area contributed by atoms with E-state index in [2.05, 4.69) is 15.4 Å². The van der Waals surface area contributed by atoms with E-state index in [1.54, 1.807) is 18.2 Å². The standard InChI is InChI=1S/C20H23N3O5S/c1-13-5-8-16(22-14(2)24)17(11-13)23-20(25)10-7-15-6-9-18(28-4)19(12-15)29(26,27)21-3/h5-12,21H,1-4H3,(H,22,24)(H,23,25)/b10-7+. The minimum absolute atomic E-state index is 0.0308. The Hall–Kier alpha value is -3.17. The van der Waals surface area contributed by atoms with Gasteiger partial charge in [0.05, 0.1) is 18.5 Å². The summed E-state index contributed by atoms with van der Waals surface area (Å²) in [4.78, 5) is 23.6. The second-order valence-corrected chi connectivity index (χ2v) is 8.03. The van der Waals surface area contributed by atoms with E-state index in [0.29, 0.717) is 16.9 Å². The molecule has 2 rings (SSSR count). The van der Waals surface area contributed by atoms with E-state index in [1.165, 1.54) is 45.4 Å². The Kier molecular flexibility index (Phi) is 7.13. The van der Waals surface area contributed by atoms with Crippen LogP contribution in [0.15, 0.2) is 47.4 Å². The Morgan fingerprint density at radius 1 is 1.03 bits per heavy atom. The number of hydrogen-bond acceptors (Lipinski definition) is 5. The van der Waals surface area contributed by atoms with Crippen LogP contribution in [0.1, 0.15) is 18.1 Å². The van der Waals surface area contributed by atoms with E-state index in [9.17, 15) is 18.0 Å². The molecule has 0 aliphatic rings. The highest BCUT2D eigenvalue weighted by atomic mass is 32.2. The summed E-state index contributed by atoms with van der Waals surface area (Å²) in [6, 6.07) is 9.81. The fraction of sp³-hybridized carbons (Fsp3) is 0.200. The first-order valence-corrected chi connectivity index (χ1v) is 10.1. The summed E-state index contributed by atoms with van der Waals surface area (Å²) in [6.07, 6.45) is 2.76. The number of carbonyl (C=O) groups excluding carboxylic acids is 2. The Bertz CT molecular complexity index is 1060. The molecule has 0 saturated heterocycles. The first kappa shape index (κ1) is 22.1. The molecule has 2 amide bonds. The third kappa shape index (κ3) is 5.90. The van der Waals surface area contributed by atoms with Gasteiger partial charge in [-0.1, -0.05) is 12.1 Å². The number of sulfonamides is 1. The number of aryl methyl sites for hydroxylation is 1. The number of benzene rings is 2. The highest BCUT2D eigenvalue weighted by Gasteiger charge is 2.17. The lowest BCUT2D eigenvalue weighted by Gasteiger charge is -2.11. The molecule has 0 radical (unpaired) electrons. The van der Waals surface area contributed by atoms with E-state index in [0.717, 1.165) is 5.56 Å². The molecule has 2 aromatic carbocycles. The van der Waals surface area contributed by atoms with Gasteiger partial charge >= 0.3 is 0 Å². The largest absolute Gasteiger partial charge is 0.495 e. The van der Waals surface area contributed by atoms with Crippen molar-refractivity contribution in [1.82, 2.24) is 4.72 Å². The quantitative estimate of drug-likeness (QED) is 0.599. The van der Waals surface area contributed by atoms with Crippen LogP contribution in [-0.2, 0) is 19.6 Å². The Morgan fingerprint density at radius 2 is 1.76 bits per heavy atom. The molecule has 0 spiro atoms. The molecule has 0 aliphatic carbocycles. The Labute approximate surface area is 170 Å². The van der Waals surface area contributed by atoms with Crippen molar-refractivity contribution in [3.05, 3.63) is 53.6 Å². The molecular weight excluding hydrogens is 394 g/mol. The average molecular weight is 417 g/mol. The molecule has 154 valence electrons. The number of amides is 2. The zero-order chi connectivity index (χ0) is 21.6. The number of methoxy groups -OCH3 is 1. The smallest absolute Gasteiger partial charge is 0.248 e. The van der Waals surface area contributed by atoms with Gasteiger partial charge in [-0.15, -0.1) is 0 Å². The van der Waals surface area contributed by atoms with E-state index in [4.69, 9.17) is 4.74 Å². The monoisotopic (exact) mass is 417 g/mol. The summed E-state index contributed by atoms with van der Waals surface area (Å²) in [5, 5.41) is 5.37. The van der Waals surface area contributed by atoms with Crippen LogP contribution in [0.2, 0.25) is 0 Å². The molecule has 2 aromatic rings. The summed E-state index contributed by atoms with van der Waals surface area (Å²) in [5.74, 6) is -0.492. The molecule has 0 heterocycles. The second-order valence-electron chi connectivity index (χ2n) is 6.17. The van der Waals surface area contributed by atoms with Gasteiger partial charge in [-0.2, -0.15) is 0 Å². The molecule has 0 fully saturated rings. The van der Waals surface area contributed by atoms with E-state index in [-0.39, 0.29) is 16.6 Å².